The summed E-state index contributed by atoms with van der Waals surface area (Å²) in [4.78, 5) is 16.6. The predicted octanol–water partition coefficient (Wildman–Crippen LogP) is 1.37. The molecule has 1 atom stereocenters. The molecule has 0 radical (unpaired) electrons. The highest BCUT2D eigenvalue weighted by Crippen LogP contribution is 2.26. The Morgan fingerprint density at radius 3 is 3.00 bits per heavy atom. The maximum Gasteiger partial charge on any atom is 0.342 e. The van der Waals surface area contributed by atoms with Gasteiger partial charge in [0.2, 0.25) is 6.10 Å². The van der Waals surface area contributed by atoms with E-state index in [0.29, 0.717) is 11.3 Å². The van der Waals surface area contributed by atoms with Crippen molar-refractivity contribution in [3.63, 3.8) is 0 Å². The lowest BCUT2D eigenvalue weighted by Crippen LogP contribution is -2.25. The standard InChI is InChI=1S/C13H12N2O3/c1-8-11(15-18-12(8)13(16)17-2)10-5-3-4-9(6-10)7-14/h3-6,12,15H,1-2H3. The van der Waals surface area contributed by atoms with Gasteiger partial charge in [-0.05, 0) is 24.6 Å². The molecular formula is C13H12N2O3. The summed E-state index contributed by atoms with van der Waals surface area (Å²) in [7, 11) is 1.31. The van der Waals surface area contributed by atoms with Crippen LogP contribution in [0.2, 0.25) is 0 Å². The van der Waals surface area contributed by atoms with Gasteiger partial charge in [0.1, 0.15) is 0 Å². The lowest BCUT2D eigenvalue weighted by molar-refractivity contribution is -0.152. The zero-order valence-electron chi connectivity index (χ0n) is 10.1. The molecule has 0 saturated carbocycles. The molecule has 1 unspecified atom stereocenters. The highest BCUT2D eigenvalue weighted by molar-refractivity contribution is 5.84. The zero-order chi connectivity index (χ0) is 13.1. The summed E-state index contributed by atoms with van der Waals surface area (Å²) >= 11 is 0. The number of nitriles is 1. The molecule has 2 rings (SSSR count). The number of methoxy groups -OCH3 is 1. The quantitative estimate of drug-likeness (QED) is 0.795. The summed E-state index contributed by atoms with van der Waals surface area (Å²) in [6.45, 7) is 1.79. The SMILES string of the molecule is COC(=O)C1ONC(c2cccc(C#N)c2)=C1C. The van der Waals surface area contributed by atoms with Crippen LogP contribution >= 0.6 is 0 Å². The molecule has 18 heavy (non-hydrogen) atoms. The third kappa shape index (κ3) is 2.06. The third-order valence-electron chi connectivity index (χ3n) is 2.76. The van der Waals surface area contributed by atoms with Crippen molar-refractivity contribution in [3.05, 3.63) is 41.0 Å². The molecule has 0 bridgehead atoms. The van der Waals surface area contributed by atoms with Crippen molar-refractivity contribution in [1.82, 2.24) is 5.48 Å². The first-order valence-corrected chi connectivity index (χ1v) is 5.38. The summed E-state index contributed by atoms with van der Waals surface area (Å²) in [6, 6.07) is 9.14. The smallest absolute Gasteiger partial charge is 0.342 e. The number of carbonyl (C=O) groups is 1. The van der Waals surface area contributed by atoms with E-state index in [1.807, 2.05) is 6.07 Å². The van der Waals surface area contributed by atoms with E-state index in [4.69, 9.17) is 10.1 Å². The van der Waals surface area contributed by atoms with Crippen molar-refractivity contribution >= 4 is 11.7 Å². The van der Waals surface area contributed by atoms with Crippen molar-refractivity contribution < 1.29 is 14.4 Å². The van der Waals surface area contributed by atoms with Gasteiger partial charge < -0.3 is 4.74 Å². The molecule has 1 heterocycles. The first kappa shape index (κ1) is 12.1. The summed E-state index contributed by atoms with van der Waals surface area (Å²) in [5.74, 6) is -0.452. The number of esters is 1. The number of benzene rings is 1. The number of hydrogen-bond donors (Lipinski definition) is 1. The third-order valence-corrected chi connectivity index (χ3v) is 2.76. The van der Waals surface area contributed by atoms with Crippen LogP contribution in [0.3, 0.4) is 0 Å². The van der Waals surface area contributed by atoms with Gasteiger partial charge in [0.15, 0.2) is 0 Å². The van der Waals surface area contributed by atoms with Gasteiger partial charge in [-0.3, -0.25) is 10.3 Å². The van der Waals surface area contributed by atoms with Crippen LogP contribution in [0, 0.1) is 11.3 Å². The van der Waals surface area contributed by atoms with E-state index in [9.17, 15) is 4.79 Å². The van der Waals surface area contributed by atoms with Crippen molar-refractivity contribution in [2.24, 2.45) is 0 Å². The molecule has 5 heteroatoms. The van der Waals surface area contributed by atoms with Crippen LogP contribution in [-0.2, 0) is 14.4 Å². The predicted molar refractivity (Wildman–Crippen MR) is 63.8 cm³/mol. The molecular weight excluding hydrogens is 232 g/mol. The van der Waals surface area contributed by atoms with Gasteiger partial charge in [-0.25, -0.2) is 4.79 Å². The molecule has 1 aromatic carbocycles. The fourth-order valence-electron chi connectivity index (χ4n) is 1.78. The molecule has 5 nitrogen and oxygen atoms in total. The Bertz CT molecular complexity index is 558. The Labute approximate surface area is 105 Å². The Kier molecular flexibility index (Phi) is 3.31. The normalized spacial score (nSPS) is 18.2. The first-order valence-electron chi connectivity index (χ1n) is 5.38. The van der Waals surface area contributed by atoms with Gasteiger partial charge in [0.05, 0.1) is 24.4 Å². The minimum atomic E-state index is -0.740. The number of nitrogens with zero attached hydrogens (tertiary/aromatic N) is 1. The van der Waals surface area contributed by atoms with E-state index in [0.717, 1.165) is 11.1 Å². The van der Waals surface area contributed by atoms with Crippen molar-refractivity contribution in [2.75, 3.05) is 7.11 Å². The molecule has 1 aliphatic heterocycles. The number of hydrogen-bond acceptors (Lipinski definition) is 5. The minimum absolute atomic E-state index is 0.452. The van der Waals surface area contributed by atoms with Crippen molar-refractivity contribution in [2.45, 2.75) is 13.0 Å². The Morgan fingerprint density at radius 1 is 1.56 bits per heavy atom. The van der Waals surface area contributed by atoms with Gasteiger partial charge >= 0.3 is 5.97 Å². The second kappa shape index (κ2) is 4.90. The summed E-state index contributed by atoms with van der Waals surface area (Å²) < 4.78 is 4.64. The molecule has 1 aromatic rings. The summed E-state index contributed by atoms with van der Waals surface area (Å²) in [5.41, 5.74) is 5.49. The van der Waals surface area contributed by atoms with Crippen LogP contribution in [0.1, 0.15) is 18.1 Å². The maximum atomic E-state index is 11.5. The van der Waals surface area contributed by atoms with E-state index >= 15 is 0 Å². The van der Waals surface area contributed by atoms with E-state index in [1.165, 1.54) is 7.11 Å². The first-order chi connectivity index (χ1) is 8.67. The molecule has 0 amide bonds. The van der Waals surface area contributed by atoms with Gasteiger partial charge in [0, 0.05) is 5.56 Å². The van der Waals surface area contributed by atoms with Crippen LogP contribution in [0.15, 0.2) is 29.8 Å². The van der Waals surface area contributed by atoms with Crippen molar-refractivity contribution in [1.29, 1.82) is 5.26 Å². The van der Waals surface area contributed by atoms with E-state index in [2.05, 4.69) is 16.3 Å². The van der Waals surface area contributed by atoms with Crippen LogP contribution in [-0.4, -0.2) is 19.2 Å². The number of ether oxygens (including phenoxy) is 1. The van der Waals surface area contributed by atoms with Gasteiger partial charge in [0.25, 0.3) is 0 Å². The fraction of sp³-hybridized carbons (Fsp3) is 0.231. The molecule has 0 saturated heterocycles. The van der Waals surface area contributed by atoms with Crippen LogP contribution in [0.5, 0.6) is 0 Å². The highest BCUT2D eigenvalue weighted by Gasteiger charge is 2.31. The lowest BCUT2D eigenvalue weighted by atomic mass is 10.0. The van der Waals surface area contributed by atoms with E-state index in [-0.39, 0.29) is 0 Å². The van der Waals surface area contributed by atoms with Gasteiger partial charge in [-0.1, -0.05) is 12.1 Å². The van der Waals surface area contributed by atoms with Gasteiger partial charge in [-0.2, -0.15) is 5.26 Å². The van der Waals surface area contributed by atoms with Crippen LogP contribution in [0.25, 0.3) is 5.70 Å². The zero-order valence-corrected chi connectivity index (χ0v) is 10.1. The van der Waals surface area contributed by atoms with Crippen LogP contribution < -0.4 is 5.48 Å². The largest absolute Gasteiger partial charge is 0.467 e. The summed E-state index contributed by atoms with van der Waals surface area (Å²) in [6.07, 6.45) is -0.740. The lowest BCUT2D eigenvalue weighted by Gasteiger charge is -2.06. The molecule has 1 aliphatic rings. The Morgan fingerprint density at radius 2 is 2.33 bits per heavy atom. The summed E-state index contributed by atoms with van der Waals surface area (Å²) in [5, 5.41) is 8.86. The van der Waals surface area contributed by atoms with Gasteiger partial charge in [-0.15, -0.1) is 0 Å². The van der Waals surface area contributed by atoms with E-state index < -0.39 is 12.1 Å². The fourth-order valence-corrected chi connectivity index (χ4v) is 1.78. The number of nitrogens with one attached hydrogen (secondary N) is 1. The van der Waals surface area contributed by atoms with Crippen LogP contribution in [0.4, 0.5) is 0 Å². The molecule has 92 valence electrons. The molecule has 0 spiro atoms. The molecule has 1 N–H and O–H groups in total. The molecule has 0 aliphatic carbocycles. The number of rotatable bonds is 2. The van der Waals surface area contributed by atoms with Crippen molar-refractivity contribution in [3.8, 4) is 6.07 Å². The second-order valence-electron chi connectivity index (χ2n) is 3.87. The highest BCUT2D eigenvalue weighted by atomic mass is 16.7. The second-order valence-corrected chi connectivity index (χ2v) is 3.87. The number of carbonyl (C=O) groups excluding carboxylic acids is 1. The molecule has 0 aromatic heterocycles. The Hall–Kier alpha value is -2.32. The van der Waals surface area contributed by atoms with E-state index in [1.54, 1.807) is 25.1 Å². The average molecular weight is 244 g/mol. The molecule has 0 fully saturated rings. The Balaban J connectivity index is 2.36. The minimum Gasteiger partial charge on any atom is -0.467 e. The topological polar surface area (TPSA) is 71.3 Å². The average Bonchev–Trinajstić information content (AvgIpc) is 2.80. The maximum absolute atomic E-state index is 11.5. The number of hydroxylamine groups is 1. The monoisotopic (exact) mass is 244 g/mol.